The van der Waals surface area contributed by atoms with Crippen LogP contribution in [0, 0.1) is 13.8 Å². The fraction of sp³-hybridized carbons (Fsp3) is 0.267. The molecule has 94 valence electrons. The molecule has 3 nitrogen and oxygen atoms in total. The lowest BCUT2D eigenvalue weighted by Crippen LogP contribution is -2.26. The highest BCUT2D eigenvalue weighted by Crippen LogP contribution is 2.19. The molecule has 0 fully saturated rings. The van der Waals surface area contributed by atoms with E-state index < -0.39 is 0 Å². The molecule has 18 heavy (non-hydrogen) atoms. The Morgan fingerprint density at radius 3 is 2.56 bits per heavy atom. The molecule has 0 saturated carbocycles. The van der Waals surface area contributed by atoms with Gasteiger partial charge in [-0.1, -0.05) is 24.3 Å². The molecule has 2 N–H and O–H groups in total. The van der Waals surface area contributed by atoms with Crippen LogP contribution in [0.25, 0.3) is 0 Å². The Labute approximate surface area is 107 Å². The van der Waals surface area contributed by atoms with E-state index in [1.807, 2.05) is 24.3 Å². The summed E-state index contributed by atoms with van der Waals surface area (Å²) in [5.74, 6) is 0. The lowest BCUT2D eigenvalue weighted by atomic mass is 9.97. The van der Waals surface area contributed by atoms with Gasteiger partial charge < -0.3 is 10.3 Å². The minimum atomic E-state index is -0.371. The molecule has 1 atom stereocenters. The average molecular weight is 242 g/mol. The van der Waals surface area contributed by atoms with Gasteiger partial charge in [-0.2, -0.15) is 0 Å². The average Bonchev–Trinajstić information content (AvgIpc) is 2.35. The normalized spacial score (nSPS) is 12.4. The van der Waals surface area contributed by atoms with Gasteiger partial charge in [-0.3, -0.25) is 4.79 Å². The molecular formula is C15H18N2O. The zero-order valence-corrected chi connectivity index (χ0v) is 11.0. The lowest BCUT2D eigenvalue weighted by molar-refractivity contribution is 0.783. The van der Waals surface area contributed by atoms with Gasteiger partial charge in [0.2, 0.25) is 0 Å². The van der Waals surface area contributed by atoms with E-state index in [-0.39, 0.29) is 11.6 Å². The third kappa shape index (κ3) is 2.22. The second-order valence-electron chi connectivity index (χ2n) is 4.70. The Hall–Kier alpha value is -1.87. The van der Waals surface area contributed by atoms with Crippen molar-refractivity contribution in [3.63, 3.8) is 0 Å². The van der Waals surface area contributed by atoms with Crippen molar-refractivity contribution in [2.75, 3.05) is 0 Å². The topological polar surface area (TPSA) is 48.0 Å². The van der Waals surface area contributed by atoms with E-state index >= 15 is 0 Å². The number of aryl methyl sites for hydroxylation is 3. The highest BCUT2D eigenvalue weighted by Gasteiger charge is 2.13. The molecule has 1 aromatic carbocycles. The zero-order valence-electron chi connectivity index (χ0n) is 11.0. The summed E-state index contributed by atoms with van der Waals surface area (Å²) < 4.78 is 1.55. The number of rotatable bonds is 2. The van der Waals surface area contributed by atoms with Crippen LogP contribution in [-0.4, -0.2) is 4.57 Å². The third-order valence-electron chi connectivity index (χ3n) is 3.38. The standard InChI is InChI=1S/C15H18N2O/c1-10-6-7-12(9-11(10)2)14(16)13-5-4-8-17(3)15(13)18/h4-9,14H,16H2,1-3H3. The quantitative estimate of drug-likeness (QED) is 0.876. The van der Waals surface area contributed by atoms with Crippen molar-refractivity contribution in [3.05, 3.63) is 69.1 Å². The fourth-order valence-electron chi connectivity index (χ4n) is 1.99. The van der Waals surface area contributed by atoms with Crippen LogP contribution < -0.4 is 11.3 Å². The molecular weight excluding hydrogens is 224 g/mol. The minimum absolute atomic E-state index is 0.0387. The monoisotopic (exact) mass is 242 g/mol. The first kappa shape index (κ1) is 12.6. The van der Waals surface area contributed by atoms with Crippen molar-refractivity contribution in [1.82, 2.24) is 4.57 Å². The molecule has 0 bridgehead atoms. The Morgan fingerprint density at radius 1 is 1.17 bits per heavy atom. The molecule has 1 aromatic heterocycles. The van der Waals surface area contributed by atoms with Gasteiger partial charge in [0.25, 0.3) is 5.56 Å². The lowest BCUT2D eigenvalue weighted by Gasteiger charge is -2.14. The van der Waals surface area contributed by atoms with E-state index in [0.717, 1.165) is 5.56 Å². The SMILES string of the molecule is Cc1ccc(C(N)c2cccn(C)c2=O)cc1C. The van der Waals surface area contributed by atoms with Crippen LogP contribution in [0.1, 0.15) is 28.3 Å². The molecule has 0 amide bonds. The summed E-state index contributed by atoms with van der Waals surface area (Å²) in [5, 5.41) is 0. The van der Waals surface area contributed by atoms with Gasteiger partial charge in [-0.05, 0) is 36.6 Å². The van der Waals surface area contributed by atoms with E-state index in [2.05, 4.69) is 13.8 Å². The number of benzene rings is 1. The summed E-state index contributed by atoms with van der Waals surface area (Å²) >= 11 is 0. The van der Waals surface area contributed by atoms with Gasteiger partial charge in [-0.25, -0.2) is 0 Å². The second-order valence-corrected chi connectivity index (χ2v) is 4.70. The Bertz CT molecular complexity index is 629. The van der Waals surface area contributed by atoms with Gasteiger partial charge >= 0.3 is 0 Å². The Balaban J connectivity index is 2.48. The number of pyridine rings is 1. The van der Waals surface area contributed by atoms with Gasteiger partial charge in [0.1, 0.15) is 0 Å². The maximum Gasteiger partial charge on any atom is 0.255 e. The molecule has 2 rings (SSSR count). The number of nitrogens with two attached hydrogens (primary N) is 1. The molecule has 1 unspecified atom stereocenters. The van der Waals surface area contributed by atoms with Crippen LogP contribution in [0.3, 0.4) is 0 Å². The summed E-state index contributed by atoms with van der Waals surface area (Å²) in [4.78, 5) is 12.0. The second kappa shape index (κ2) is 4.78. The molecule has 3 heteroatoms. The maximum atomic E-state index is 12.0. The zero-order chi connectivity index (χ0) is 13.3. The predicted molar refractivity (Wildman–Crippen MR) is 73.6 cm³/mol. The Kier molecular flexibility index (Phi) is 3.34. The third-order valence-corrected chi connectivity index (χ3v) is 3.38. The van der Waals surface area contributed by atoms with E-state index in [9.17, 15) is 4.79 Å². The first-order chi connectivity index (χ1) is 8.50. The molecule has 0 aliphatic rings. The van der Waals surface area contributed by atoms with E-state index in [4.69, 9.17) is 5.73 Å². The Morgan fingerprint density at radius 2 is 1.89 bits per heavy atom. The van der Waals surface area contributed by atoms with Gasteiger partial charge in [0.05, 0.1) is 6.04 Å². The first-order valence-corrected chi connectivity index (χ1v) is 5.99. The van der Waals surface area contributed by atoms with Gasteiger partial charge in [-0.15, -0.1) is 0 Å². The highest BCUT2D eigenvalue weighted by atomic mass is 16.1. The molecule has 2 aromatic rings. The van der Waals surface area contributed by atoms with Crippen molar-refractivity contribution in [2.24, 2.45) is 12.8 Å². The summed E-state index contributed by atoms with van der Waals surface area (Å²) in [7, 11) is 1.74. The van der Waals surface area contributed by atoms with E-state index in [1.165, 1.54) is 11.1 Å². The van der Waals surface area contributed by atoms with Crippen molar-refractivity contribution in [3.8, 4) is 0 Å². The van der Waals surface area contributed by atoms with Crippen LogP contribution in [0.2, 0.25) is 0 Å². The molecule has 0 radical (unpaired) electrons. The molecule has 0 aliphatic carbocycles. The van der Waals surface area contributed by atoms with Crippen LogP contribution in [0.15, 0.2) is 41.3 Å². The molecule has 1 heterocycles. The van der Waals surface area contributed by atoms with Crippen LogP contribution in [0.5, 0.6) is 0 Å². The highest BCUT2D eigenvalue weighted by molar-refractivity contribution is 5.36. The summed E-state index contributed by atoms with van der Waals surface area (Å²) in [5.41, 5.74) is 10.2. The number of nitrogens with zero attached hydrogens (tertiary/aromatic N) is 1. The number of aromatic nitrogens is 1. The smallest absolute Gasteiger partial charge is 0.255 e. The van der Waals surface area contributed by atoms with Gasteiger partial charge in [0, 0.05) is 18.8 Å². The van der Waals surface area contributed by atoms with E-state index in [1.54, 1.807) is 23.9 Å². The van der Waals surface area contributed by atoms with Crippen molar-refractivity contribution < 1.29 is 0 Å². The number of hydrogen-bond acceptors (Lipinski definition) is 2. The largest absolute Gasteiger partial charge is 0.320 e. The maximum absolute atomic E-state index is 12.0. The fourth-order valence-corrected chi connectivity index (χ4v) is 1.99. The van der Waals surface area contributed by atoms with Crippen LogP contribution >= 0.6 is 0 Å². The molecule has 0 spiro atoms. The molecule has 0 saturated heterocycles. The van der Waals surface area contributed by atoms with Crippen molar-refractivity contribution in [1.29, 1.82) is 0 Å². The molecule has 0 aliphatic heterocycles. The summed E-state index contributed by atoms with van der Waals surface area (Å²) in [6.45, 7) is 4.11. The van der Waals surface area contributed by atoms with Crippen molar-refractivity contribution >= 4 is 0 Å². The van der Waals surface area contributed by atoms with Crippen LogP contribution in [0.4, 0.5) is 0 Å². The van der Waals surface area contributed by atoms with E-state index in [0.29, 0.717) is 5.56 Å². The van der Waals surface area contributed by atoms with Gasteiger partial charge in [0.15, 0.2) is 0 Å². The first-order valence-electron chi connectivity index (χ1n) is 5.99. The minimum Gasteiger partial charge on any atom is -0.320 e. The van der Waals surface area contributed by atoms with Crippen LogP contribution in [-0.2, 0) is 7.05 Å². The van der Waals surface area contributed by atoms with Crippen molar-refractivity contribution in [2.45, 2.75) is 19.9 Å². The summed E-state index contributed by atoms with van der Waals surface area (Å²) in [6, 6.07) is 9.34. The number of hydrogen-bond donors (Lipinski definition) is 1. The predicted octanol–water partition coefficient (Wildman–Crippen LogP) is 2.05. The summed E-state index contributed by atoms with van der Waals surface area (Å²) in [6.07, 6.45) is 1.74.